The van der Waals surface area contributed by atoms with E-state index in [-0.39, 0.29) is 18.1 Å². The molecule has 2 unspecified atom stereocenters. The minimum absolute atomic E-state index is 0.0563. The number of rotatable bonds is 2. The van der Waals surface area contributed by atoms with Crippen LogP contribution in [0.4, 0.5) is 4.79 Å². The number of amides is 2. The minimum Gasteiger partial charge on any atom is -0.379 e. The summed E-state index contributed by atoms with van der Waals surface area (Å²) in [5.74, 6) is 0. The molecule has 0 spiro atoms. The number of carbonyl (C=O) groups is 1. The van der Waals surface area contributed by atoms with Crippen LogP contribution in [0.25, 0.3) is 0 Å². The van der Waals surface area contributed by atoms with Gasteiger partial charge in [0.15, 0.2) is 0 Å². The molecule has 2 atom stereocenters. The van der Waals surface area contributed by atoms with E-state index >= 15 is 0 Å². The van der Waals surface area contributed by atoms with Gasteiger partial charge in [0.05, 0.1) is 12.6 Å². The molecule has 86 valence electrons. The van der Waals surface area contributed by atoms with Crippen LogP contribution >= 0.6 is 0 Å². The molecule has 3 N–H and O–H groups in total. The second-order valence-electron chi connectivity index (χ2n) is 4.22. The van der Waals surface area contributed by atoms with Gasteiger partial charge >= 0.3 is 6.03 Å². The van der Waals surface area contributed by atoms with Crippen LogP contribution in [0.15, 0.2) is 0 Å². The van der Waals surface area contributed by atoms with Crippen molar-refractivity contribution in [2.24, 2.45) is 0 Å². The Balaban J connectivity index is 1.66. The van der Waals surface area contributed by atoms with Crippen LogP contribution in [0.1, 0.15) is 19.3 Å². The predicted octanol–water partition coefficient (Wildman–Crippen LogP) is -0.173. The van der Waals surface area contributed by atoms with Crippen molar-refractivity contribution in [3.05, 3.63) is 0 Å². The van der Waals surface area contributed by atoms with E-state index in [0.717, 1.165) is 39.0 Å². The minimum atomic E-state index is -0.0563. The molecule has 5 nitrogen and oxygen atoms in total. The number of ether oxygens (including phenoxy) is 1. The summed E-state index contributed by atoms with van der Waals surface area (Å²) in [5, 5.41) is 9.12. The van der Waals surface area contributed by atoms with Crippen LogP contribution in [0.3, 0.4) is 0 Å². The largest absolute Gasteiger partial charge is 0.379 e. The summed E-state index contributed by atoms with van der Waals surface area (Å²) in [7, 11) is 0. The summed E-state index contributed by atoms with van der Waals surface area (Å²) in [4.78, 5) is 11.6. The molecule has 2 aliphatic rings. The lowest BCUT2D eigenvalue weighted by Crippen LogP contribution is -2.49. The molecule has 15 heavy (non-hydrogen) atoms. The Morgan fingerprint density at radius 3 is 2.80 bits per heavy atom. The van der Waals surface area contributed by atoms with Gasteiger partial charge < -0.3 is 20.7 Å². The number of hydrogen-bond donors (Lipinski definition) is 3. The lowest BCUT2D eigenvalue weighted by atomic mass is 10.1. The fourth-order valence-electron chi connectivity index (χ4n) is 2.04. The van der Waals surface area contributed by atoms with Crippen LogP contribution in [0, 0.1) is 0 Å². The first-order valence-corrected chi connectivity index (χ1v) is 5.70. The van der Waals surface area contributed by atoms with E-state index in [4.69, 9.17) is 4.74 Å². The molecule has 0 radical (unpaired) electrons. The van der Waals surface area contributed by atoms with Crippen molar-refractivity contribution in [3.63, 3.8) is 0 Å². The maximum atomic E-state index is 11.6. The molecule has 0 bridgehead atoms. The van der Waals surface area contributed by atoms with Crippen LogP contribution in [-0.2, 0) is 4.74 Å². The normalized spacial score (nSPS) is 31.2. The van der Waals surface area contributed by atoms with E-state index in [9.17, 15) is 4.79 Å². The lowest BCUT2D eigenvalue weighted by molar-refractivity contribution is 0.0730. The van der Waals surface area contributed by atoms with Crippen molar-refractivity contribution in [3.8, 4) is 0 Å². The van der Waals surface area contributed by atoms with Gasteiger partial charge in [0.1, 0.15) is 0 Å². The summed E-state index contributed by atoms with van der Waals surface area (Å²) >= 11 is 0. The molecule has 0 aromatic heterocycles. The quantitative estimate of drug-likeness (QED) is 0.596. The SMILES string of the molecule is O=C(NC1CCNC1)NC1CCCOC1. The van der Waals surface area contributed by atoms with Gasteiger partial charge in [-0.15, -0.1) is 0 Å². The van der Waals surface area contributed by atoms with E-state index in [1.165, 1.54) is 0 Å². The van der Waals surface area contributed by atoms with Crippen LogP contribution < -0.4 is 16.0 Å². The lowest BCUT2D eigenvalue weighted by Gasteiger charge is -2.24. The zero-order valence-electron chi connectivity index (χ0n) is 8.92. The highest BCUT2D eigenvalue weighted by Crippen LogP contribution is 2.05. The van der Waals surface area contributed by atoms with Gasteiger partial charge in [0.25, 0.3) is 0 Å². The summed E-state index contributed by atoms with van der Waals surface area (Å²) in [6, 6.07) is 0.418. The Hall–Kier alpha value is -0.810. The highest BCUT2D eigenvalue weighted by molar-refractivity contribution is 5.74. The Kier molecular flexibility index (Phi) is 3.80. The summed E-state index contributed by atoms with van der Waals surface area (Å²) in [6.07, 6.45) is 3.08. The van der Waals surface area contributed by atoms with Crippen molar-refractivity contribution in [2.45, 2.75) is 31.3 Å². The fraction of sp³-hybridized carbons (Fsp3) is 0.900. The van der Waals surface area contributed by atoms with Crippen LogP contribution in [-0.4, -0.2) is 44.4 Å². The molecule has 0 saturated carbocycles. The molecule has 2 saturated heterocycles. The molecule has 2 heterocycles. The van der Waals surface area contributed by atoms with Gasteiger partial charge in [0.2, 0.25) is 0 Å². The van der Waals surface area contributed by atoms with Crippen molar-refractivity contribution >= 4 is 6.03 Å². The Morgan fingerprint density at radius 2 is 2.13 bits per heavy atom. The van der Waals surface area contributed by atoms with E-state index in [1.807, 2.05) is 0 Å². The first-order chi connectivity index (χ1) is 7.34. The Labute approximate surface area is 89.9 Å². The smallest absolute Gasteiger partial charge is 0.315 e. The second kappa shape index (κ2) is 5.32. The molecule has 2 aliphatic heterocycles. The third-order valence-electron chi connectivity index (χ3n) is 2.89. The molecule has 2 amide bonds. The maximum absolute atomic E-state index is 11.6. The van der Waals surface area contributed by atoms with Crippen molar-refractivity contribution in [2.75, 3.05) is 26.3 Å². The molecule has 2 rings (SSSR count). The van der Waals surface area contributed by atoms with E-state index < -0.39 is 0 Å². The first-order valence-electron chi connectivity index (χ1n) is 5.70. The highest BCUT2D eigenvalue weighted by atomic mass is 16.5. The van der Waals surface area contributed by atoms with E-state index in [2.05, 4.69) is 16.0 Å². The summed E-state index contributed by atoms with van der Waals surface area (Å²) < 4.78 is 5.30. The fourth-order valence-corrected chi connectivity index (χ4v) is 2.04. The van der Waals surface area contributed by atoms with Crippen molar-refractivity contribution < 1.29 is 9.53 Å². The first kappa shape index (κ1) is 10.7. The molecule has 2 fully saturated rings. The van der Waals surface area contributed by atoms with Gasteiger partial charge in [0, 0.05) is 19.2 Å². The van der Waals surface area contributed by atoms with Gasteiger partial charge in [-0.25, -0.2) is 4.79 Å². The van der Waals surface area contributed by atoms with Crippen molar-refractivity contribution in [1.82, 2.24) is 16.0 Å². The number of nitrogens with one attached hydrogen (secondary N) is 3. The Morgan fingerprint density at radius 1 is 1.27 bits per heavy atom. The molecule has 5 heteroatoms. The average molecular weight is 213 g/mol. The average Bonchev–Trinajstić information content (AvgIpc) is 2.71. The van der Waals surface area contributed by atoms with Gasteiger partial charge in [-0.3, -0.25) is 0 Å². The third-order valence-corrected chi connectivity index (χ3v) is 2.89. The van der Waals surface area contributed by atoms with Crippen LogP contribution in [0.5, 0.6) is 0 Å². The van der Waals surface area contributed by atoms with Gasteiger partial charge in [-0.2, -0.15) is 0 Å². The second-order valence-corrected chi connectivity index (χ2v) is 4.22. The predicted molar refractivity (Wildman–Crippen MR) is 56.8 cm³/mol. The maximum Gasteiger partial charge on any atom is 0.315 e. The molecule has 0 aromatic rings. The van der Waals surface area contributed by atoms with Crippen LogP contribution in [0.2, 0.25) is 0 Å². The molecule has 0 aliphatic carbocycles. The standard InChI is InChI=1S/C10H19N3O2/c14-10(12-8-3-4-11-6-8)13-9-2-1-5-15-7-9/h8-9,11H,1-7H2,(H2,12,13,14). The van der Waals surface area contributed by atoms with Crippen molar-refractivity contribution in [1.29, 1.82) is 0 Å². The molecule has 0 aromatic carbocycles. The zero-order valence-corrected chi connectivity index (χ0v) is 8.92. The van der Waals surface area contributed by atoms with Gasteiger partial charge in [-0.1, -0.05) is 0 Å². The Bertz CT molecular complexity index is 211. The van der Waals surface area contributed by atoms with Gasteiger partial charge in [-0.05, 0) is 25.8 Å². The molecular formula is C10H19N3O2. The van der Waals surface area contributed by atoms with E-state index in [0.29, 0.717) is 6.61 Å². The number of urea groups is 1. The summed E-state index contributed by atoms with van der Waals surface area (Å²) in [6.45, 7) is 3.36. The van der Waals surface area contributed by atoms with E-state index in [1.54, 1.807) is 0 Å². The molecular weight excluding hydrogens is 194 g/mol. The monoisotopic (exact) mass is 213 g/mol. The third kappa shape index (κ3) is 3.35. The zero-order chi connectivity index (χ0) is 10.5. The highest BCUT2D eigenvalue weighted by Gasteiger charge is 2.20. The number of hydrogen-bond acceptors (Lipinski definition) is 3. The number of carbonyl (C=O) groups excluding carboxylic acids is 1. The topological polar surface area (TPSA) is 62.4 Å². The summed E-state index contributed by atoms with van der Waals surface area (Å²) in [5.41, 5.74) is 0.